The number of carbonyl (C=O) groups is 1. The zero-order valence-electron chi connectivity index (χ0n) is 11.4. The second kappa shape index (κ2) is 4.92. The molecule has 0 amide bonds. The van der Waals surface area contributed by atoms with Crippen molar-refractivity contribution in [2.75, 3.05) is 0 Å². The lowest BCUT2D eigenvalue weighted by atomic mass is 10.1. The molecule has 5 nitrogen and oxygen atoms in total. The van der Waals surface area contributed by atoms with Crippen molar-refractivity contribution in [3.63, 3.8) is 0 Å². The summed E-state index contributed by atoms with van der Waals surface area (Å²) in [6.45, 7) is -0.0144. The van der Waals surface area contributed by atoms with Crippen molar-refractivity contribution < 1.29 is 4.79 Å². The monoisotopic (exact) mass is 309 g/mol. The molecule has 1 N–H and O–H groups in total. The van der Waals surface area contributed by atoms with Crippen LogP contribution >= 0.6 is 11.3 Å². The number of hydrogen-bond donors (Lipinski definition) is 1. The Labute approximate surface area is 128 Å². The van der Waals surface area contributed by atoms with E-state index < -0.39 is 0 Å². The van der Waals surface area contributed by atoms with Crippen LogP contribution in [0, 0.1) is 0 Å². The van der Waals surface area contributed by atoms with Gasteiger partial charge < -0.3 is 4.98 Å². The third kappa shape index (κ3) is 1.96. The molecule has 0 atom stereocenters. The lowest BCUT2D eigenvalue weighted by Gasteiger charge is -2.04. The van der Waals surface area contributed by atoms with E-state index in [9.17, 15) is 9.59 Å². The number of Topliss-reactive ketones (excluding diaryl/α,β-unsaturated/α-hetero) is 1. The molecule has 4 aromatic rings. The Morgan fingerprint density at radius 3 is 3.00 bits per heavy atom. The normalized spacial score (nSPS) is 11.3. The Bertz CT molecular complexity index is 1060. The standard InChI is InChI=1S/C16H11N3O2S/c20-14(12-7-17-13-4-2-1-3-10(12)13)8-19-9-18-15-11(16(19)21)5-6-22-15/h1-7,9,17H,8H2. The van der Waals surface area contributed by atoms with Gasteiger partial charge in [0.2, 0.25) is 0 Å². The third-order valence-corrected chi connectivity index (χ3v) is 4.47. The van der Waals surface area contributed by atoms with Gasteiger partial charge in [0, 0.05) is 22.7 Å². The molecule has 6 heteroatoms. The SMILES string of the molecule is O=C(Cn1cnc2sccc2c1=O)c1c[nH]c2ccccc12. The van der Waals surface area contributed by atoms with Gasteiger partial charge in [-0.2, -0.15) is 0 Å². The highest BCUT2D eigenvalue weighted by molar-refractivity contribution is 7.16. The molecule has 22 heavy (non-hydrogen) atoms. The molecule has 0 unspecified atom stereocenters. The van der Waals surface area contributed by atoms with Gasteiger partial charge in [0.15, 0.2) is 5.78 Å². The first-order valence-electron chi connectivity index (χ1n) is 6.76. The molecule has 0 radical (unpaired) electrons. The van der Waals surface area contributed by atoms with E-state index in [1.54, 1.807) is 12.3 Å². The first-order valence-corrected chi connectivity index (χ1v) is 7.64. The van der Waals surface area contributed by atoms with Gasteiger partial charge in [-0.15, -0.1) is 11.3 Å². The van der Waals surface area contributed by atoms with Gasteiger partial charge in [-0.25, -0.2) is 4.98 Å². The van der Waals surface area contributed by atoms with Crippen LogP contribution in [0.2, 0.25) is 0 Å². The van der Waals surface area contributed by atoms with E-state index in [4.69, 9.17) is 0 Å². The number of hydrogen-bond acceptors (Lipinski definition) is 4. The topological polar surface area (TPSA) is 67.8 Å². The highest BCUT2D eigenvalue weighted by Gasteiger charge is 2.14. The second-order valence-electron chi connectivity index (χ2n) is 4.99. The number of H-pyrrole nitrogens is 1. The summed E-state index contributed by atoms with van der Waals surface area (Å²) in [5.41, 5.74) is 1.32. The molecule has 0 saturated heterocycles. The fourth-order valence-corrected chi connectivity index (χ4v) is 3.27. The number of para-hydroxylation sites is 1. The summed E-state index contributed by atoms with van der Waals surface area (Å²) >= 11 is 1.41. The molecule has 0 spiro atoms. The van der Waals surface area contributed by atoms with Crippen molar-refractivity contribution in [1.82, 2.24) is 14.5 Å². The Hall–Kier alpha value is -2.73. The molecular formula is C16H11N3O2S. The number of fused-ring (bicyclic) bond motifs is 2. The van der Waals surface area contributed by atoms with Gasteiger partial charge in [-0.05, 0) is 17.5 Å². The van der Waals surface area contributed by atoms with Gasteiger partial charge in [0.05, 0.1) is 18.3 Å². The van der Waals surface area contributed by atoms with Crippen molar-refractivity contribution in [3.05, 3.63) is 64.2 Å². The highest BCUT2D eigenvalue weighted by atomic mass is 32.1. The van der Waals surface area contributed by atoms with Gasteiger partial charge in [-0.3, -0.25) is 14.2 Å². The largest absolute Gasteiger partial charge is 0.360 e. The molecule has 0 saturated carbocycles. The minimum absolute atomic E-state index is 0.0144. The van der Waals surface area contributed by atoms with Crippen molar-refractivity contribution >= 4 is 38.2 Å². The van der Waals surface area contributed by atoms with E-state index in [0.29, 0.717) is 15.8 Å². The summed E-state index contributed by atoms with van der Waals surface area (Å²) in [7, 11) is 0. The van der Waals surface area contributed by atoms with Crippen LogP contribution in [-0.2, 0) is 6.54 Å². The first kappa shape index (κ1) is 13.0. The minimum atomic E-state index is -0.181. The molecule has 0 aliphatic heterocycles. The van der Waals surface area contributed by atoms with Crippen molar-refractivity contribution in [3.8, 4) is 0 Å². The minimum Gasteiger partial charge on any atom is -0.360 e. The second-order valence-corrected chi connectivity index (χ2v) is 5.88. The van der Waals surface area contributed by atoms with Crippen LogP contribution in [0.15, 0.2) is 53.0 Å². The molecular weight excluding hydrogens is 298 g/mol. The van der Waals surface area contributed by atoms with Crippen LogP contribution in [0.4, 0.5) is 0 Å². The number of benzene rings is 1. The number of ketones is 1. The van der Waals surface area contributed by atoms with Crippen LogP contribution in [0.25, 0.3) is 21.1 Å². The number of aromatic nitrogens is 3. The maximum absolute atomic E-state index is 12.5. The maximum Gasteiger partial charge on any atom is 0.262 e. The molecule has 0 fully saturated rings. The molecule has 0 aliphatic carbocycles. The van der Waals surface area contributed by atoms with E-state index in [0.717, 1.165) is 10.9 Å². The summed E-state index contributed by atoms with van der Waals surface area (Å²) in [6, 6.07) is 9.34. The quantitative estimate of drug-likeness (QED) is 0.592. The lowest BCUT2D eigenvalue weighted by molar-refractivity contribution is 0.0972. The third-order valence-electron chi connectivity index (χ3n) is 3.65. The van der Waals surface area contributed by atoms with E-state index in [1.165, 1.54) is 22.2 Å². The Kier molecular flexibility index (Phi) is 2.90. The summed E-state index contributed by atoms with van der Waals surface area (Å²) in [6.07, 6.45) is 3.13. The Balaban J connectivity index is 1.74. The number of nitrogens with one attached hydrogen (secondary N) is 1. The first-order chi connectivity index (χ1) is 10.7. The highest BCUT2D eigenvalue weighted by Crippen LogP contribution is 2.19. The number of rotatable bonds is 3. The fraction of sp³-hybridized carbons (Fsp3) is 0.0625. The summed E-state index contributed by atoms with van der Waals surface area (Å²) in [5.74, 6) is -0.115. The van der Waals surface area contributed by atoms with E-state index in [2.05, 4.69) is 9.97 Å². The van der Waals surface area contributed by atoms with E-state index in [-0.39, 0.29) is 17.9 Å². The molecule has 0 bridgehead atoms. The van der Waals surface area contributed by atoms with Gasteiger partial charge in [0.1, 0.15) is 4.83 Å². The molecule has 3 aromatic heterocycles. The Morgan fingerprint density at radius 1 is 1.23 bits per heavy atom. The summed E-state index contributed by atoms with van der Waals surface area (Å²) < 4.78 is 1.36. The Morgan fingerprint density at radius 2 is 2.09 bits per heavy atom. The molecule has 108 valence electrons. The predicted octanol–water partition coefficient (Wildman–Crippen LogP) is 2.82. The summed E-state index contributed by atoms with van der Waals surface area (Å²) in [4.78, 5) is 32.8. The van der Waals surface area contributed by atoms with Gasteiger partial charge >= 0.3 is 0 Å². The lowest BCUT2D eigenvalue weighted by Crippen LogP contribution is -2.24. The zero-order valence-corrected chi connectivity index (χ0v) is 12.3. The smallest absolute Gasteiger partial charge is 0.262 e. The predicted molar refractivity (Wildman–Crippen MR) is 86.5 cm³/mol. The van der Waals surface area contributed by atoms with Crippen molar-refractivity contribution in [2.24, 2.45) is 0 Å². The van der Waals surface area contributed by atoms with E-state index in [1.807, 2.05) is 29.6 Å². The molecule has 3 heterocycles. The zero-order chi connectivity index (χ0) is 15.1. The van der Waals surface area contributed by atoms with E-state index >= 15 is 0 Å². The van der Waals surface area contributed by atoms with Crippen LogP contribution in [-0.4, -0.2) is 20.3 Å². The van der Waals surface area contributed by atoms with Crippen LogP contribution in [0.1, 0.15) is 10.4 Å². The number of nitrogens with zero attached hydrogens (tertiary/aromatic N) is 2. The number of aromatic amines is 1. The van der Waals surface area contributed by atoms with Gasteiger partial charge in [-0.1, -0.05) is 18.2 Å². The maximum atomic E-state index is 12.5. The van der Waals surface area contributed by atoms with Crippen LogP contribution < -0.4 is 5.56 Å². The molecule has 0 aliphatic rings. The average molecular weight is 309 g/mol. The van der Waals surface area contributed by atoms with Crippen LogP contribution in [0.5, 0.6) is 0 Å². The molecule has 1 aromatic carbocycles. The molecule has 4 rings (SSSR count). The van der Waals surface area contributed by atoms with Crippen LogP contribution in [0.3, 0.4) is 0 Å². The summed E-state index contributed by atoms with van der Waals surface area (Å²) in [5, 5.41) is 3.24. The van der Waals surface area contributed by atoms with Crippen molar-refractivity contribution in [2.45, 2.75) is 6.54 Å². The average Bonchev–Trinajstić information content (AvgIpc) is 3.16. The number of carbonyl (C=O) groups excluding carboxylic acids is 1. The number of thiophene rings is 1. The fourth-order valence-electron chi connectivity index (χ4n) is 2.55. The van der Waals surface area contributed by atoms with Crippen molar-refractivity contribution in [1.29, 1.82) is 0 Å². The van der Waals surface area contributed by atoms with Gasteiger partial charge in [0.25, 0.3) is 5.56 Å².